The first-order valence-corrected chi connectivity index (χ1v) is 11.5. The van der Waals surface area contributed by atoms with E-state index in [9.17, 15) is 4.79 Å². The fourth-order valence-electron chi connectivity index (χ4n) is 3.98. The van der Waals surface area contributed by atoms with Crippen molar-refractivity contribution in [3.63, 3.8) is 0 Å². The SMILES string of the molecule is Cc1cc(C)c2sc(N(Cc3cccnc3)C(=O)c3cnn(-c4ccccc4)c3C)nc2c1. The first-order chi connectivity index (χ1) is 16.0. The van der Waals surface area contributed by atoms with Gasteiger partial charge >= 0.3 is 0 Å². The zero-order valence-electron chi connectivity index (χ0n) is 18.7. The number of para-hydroxylation sites is 1. The molecule has 164 valence electrons. The van der Waals surface area contributed by atoms with Crippen molar-refractivity contribution in [2.75, 3.05) is 4.90 Å². The Hall–Kier alpha value is -3.84. The number of benzene rings is 2. The van der Waals surface area contributed by atoms with Crippen LogP contribution in [0.4, 0.5) is 5.13 Å². The molecule has 0 saturated heterocycles. The van der Waals surface area contributed by atoms with Crippen molar-refractivity contribution < 1.29 is 4.79 Å². The van der Waals surface area contributed by atoms with Crippen molar-refractivity contribution in [3.05, 3.63) is 101 Å². The Labute approximate surface area is 196 Å². The van der Waals surface area contributed by atoms with E-state index >= 15 is 0 Å². The second-order valence-electron chi connectivity index (χ2n) is 8.07. The first-order valence-electron chi connectivity index (χ1n) is 10.7. The van der Waals surface area contributed by atoms with Gasteiger partial charge in [-0.05, 0) is 61.7 Å². The summed E-state index contributed by atoms with van der Waals surface area (Å²) in [7, 11) is 0. The average molecular weight is 454 g/mol. The zero-order chi connectivity index (χ0) is 22.9. The smallest absolute Gasteiger partial charge is 0.263 e. The van der Waals surface area contributed by atoms with E-state index in [1.807, 2.05) is 49.4 Å². The normalized spacial score (nSPS) is 11.1. The van der Waals surface area contributed by atoms with Crippen molar-refractivity contribution in [1.29, 1.82) is 0 Å². The van der Waals surface area contributed by atoms with Gasteiger partial charge in [-0.1, -0.05) is 41.7 Å². The maximum Gasteiger partial charge on any atom is 0.263 e. The predicted octanol–water partition coefficient (Wildman–Crippen LogP) is 5.65. The minimum atomic E-state index is -0.132. The minimum Gasteiger partial charge on any atom is -0.279 e. The van der Waals surface area contributed by atoms with Gasteiger partial charge in [0.25, 0.3) is 5.91 Å². The first kappa shape index (κ1) is 21.0. The van der Waals surface area contributed by atoms with Crippen LogP contribution in [-0.2, 0) is 6.54 Å². The topological polar surface area (TPSA) is 63.9 Å². The van der Waals surface area contributed by atoms with Gasteiger partial charge in [-0.3, -0.25) is 14.7 Å². The highest BCUT2D eigenvalue weighted by molar-refractivity contribution is 7.22. The highest BCUT2D eigenvalue weighted by Crippen LogP contribution is 2.34. The van der Waals surface area contributed by atoms with Gasteiger partial charge in [0.05, 0.1) is 39.9 Å². The third kappa shape index (κ3) is 4.03. The molecule has 0 bridgehead atoms. The van der Waals surface area contributed by atoms with Crippen molar-refractivity contribution in [3.8, 4) is 5.69 Å². The van der Waals surface area contributed by atoms with Crippen LogP contribution in [0.5, 0.6) is 0 Å². The van der Waals surface area contributed by atoms with Crippen molar-refractivity contribution in [1.82, 2.24) is 19.7 Å². The molecule has 0 atom stereocenters. The van der Waals surface area contributed by atoms with Gasteiger partial charge in [0.1, 0.15) is 0 Å². The number of amides is 1. The van der Waals surface area contributed by atoms with Gasteiger partial charge in [-0.2, -0.15) is 5.10 Å². The number of hydrogen-bond donors (Lipinski definition) is 0. The molecular weight excluding hydrogens is 430 g/mol. The fraction of sp³-hybridized carbons (Fsp3) is 0.154. The van der Waals surface area contributed by atoms with Crippen LogP contribution in [-0.4, -0.2) is 25.7 Å². The van der Waals surface area contributed by atoms with E-state index < -0.39 is 0 Å². The van der Waals surface area contributed by atoms with Gasteiger partial charge in [0.15, 0.2) is 5.13 Å². The van der Waals surface area contributed by atoms with E-state index in [4.69, 9.17) is 4.98 Å². The van der Waals surface area contributed by atoms with Crippen LogP contribution in [0.3, 0.4) is 0 Å². The monoisotopic (exact) mass is 453 g/mol. The van der Waals surface area contributed by atoms with Gasteiger partial charge in [0, 0.05) is 12.4 Å². The molecule has 0 aliphatic rings. The van der Waals surface area contributed by atoms with Crippen LogP contribution < -0.4 is 4.90 Å². The molecule has 0 unspecified atom stereocenters. The van der Waals surface area contributed by atoms with E-state index in [0.29, 0.717) is 17.2 Å². The number of thiazole rings is 1. The Kier molecular flexibility index (Phi) is 5.48. The second kappa shape index (κ2) is 8.60. The fourth-order valence-corrected chi connectivity index (χ4v) is 4.99. The molecule has 1 amide bonds. The maximum absolute atomic E-state index is 13.9. The number of aryl methyl sites for hydroxylation is 2. The Balaban J connectivity index is 1.59. The summed E-state index contributed by atoms with van der Waals surface area (Å²) in [6.07, 6.45) is 5.15. The molecule has 0 radical (unpaired) electrons. The Morgan fingerprint density at radius 2 is 1.85 bits per heavy atom. The summed E-state index contributed by atoms with van der Waals surface area (Å²) in [5.74, 6) is -0.132. The average Bonchev–Trinajstić information content (AvgIpc) is 3.42. The molecule has 0 fully saturated rings. The third-order valence-corrected chi connectivity index (χ3v) is 6.82. The number of hydrogen-bond acceptors (Lipinski definition) is 5. The summed E-state index contributed by atoms with van der Waals surface area (Å²) in [5.41, 5.74) is 6.42. The summed E-state index contributed by atoms with van der Waals surface area (Å²) in [4.78, 5) is 24.7. The van der Waals surface area contributed by atoms with E-state index in [1.54, 1.807) is 28.2 Å². The molecule has 6 nitrogen and oxygen atoms in total. The van der Waals surface area contributed by atoms with Gasteiger partial charge < -0.3 is 0 Å². The van der Waals surface area contributed by atoms with Gasteiger partial charge in [-0.15, -0.1) is 0 Å². The van der Waals surface area contributed by atoms with Crippen molar-refractivity contribution in [2.24, 2.45) is 0 Å². The lowest BCUT2D eigenvalue weighted by Crippen LogP contribution is -2.30. The van der Waals surface area contributed by atoms with Gasteiger partial charge in [0.2, 0.25) is 0 Å². The molecule has 7 heteroatoms. The molecular formula is C26H23N5OS. The number of rotatable bonds is 5. The van der Waals surface area contributed by atoms with Crippen LogP contribution in [0.15, 0.2) is 73.2 Å². The summed E-state index contributed by atoms with van der Waals surface area (Å²) in [5, 5.41) is 5.16. The van der Waals surface area contributed by atoms with E-state index in [0.717, 1.165) is 38.3 Å². The molecule has 0 N–H and O–H groups in total. The number of carbonyl (C=O) groups excluding carboxylic acids is 1. The maximum atomic E-state index is 13.9. The van der Waals surface area contributed by atoms with Crippen LogP contribution in [0.2, 0.25) is 0 Å². The van der Waals surface area contributed by atoms with Crippen LogP contribution in [0.25, 0.3) is 15.9 Å². The number of aromatic nitrogens is 4. The lowest BCUT2D eigenvalue weighted by Gasteiger charge is -2.19. The largest absolute Gasteiger partial charge is 0.279 e. The Morgan fingerprint density at radius 1 is 1.03 bits per heavy atom. The molecule has 2 aromatic carbocycles. The number of pyridine rings is 1. The Morgan fingerprint density at radius 3 is 2.61 bits per heavy atom. The standard InChI is InChI=1S/C26H23N5OS/c1-17-12-18(2)24-23(13-17)29-26(33-24)30(16-20-8-7-11-27-14-20)25(32)22-15-28-31(19(22)3)21-9-5-4-6-10-21/h4-15H,16H2,1-3H3. The quantitative estimate of drug-likeness (QED) is 0.345. The summed E-state index contributed by atoms with van der Waals surface area (Å²) in [6, 6.07) is 17.9. The molecule has 0 aliphatic carbocycles. The van der Waals surface area contributed by atoms with E-state index in [1.165, 1.54) is 11.3 Å². The number of nitrogens with zero attached hydrogens (tertiary/aromatic N) is 5. The molecule has 5 rings (SSSR count). The summed E-state index contributed by atoms with van der Waals surface area (Å²) in [6.45, 7) is 6.44. The van der Waals surface area contributed by atoms with Crippen LogP contribution in [0, 0.1) is 20.8 Å². The molecule has 5 aromatic rings. The highest BCUT2D eigenvalue weighted by Gasteiger charge is 2.26. The Bertz CT molecular complexity index is 1440. The second-order valence-corrected chi connectivity index (χ2v) is 9.05. The molecule has 0 spiro atoms. The van der Waals surface area contributed by atoms with Crippen LogP contribution >= 0.6 is 11.3 Å². The van der Waals surface area contributed by atoms with Crippen LogP contribution in [0.1, 0.15) is 32.7 Å². The van der Waals surface area contributed by atoms with E-state index in [2.05, 4.69) is 36.1 Å². The third-order valence-electron chi connectivity index (χ3n) is 5.59. The predicted molar refractivity (Wildman–Crippen MR) is 132 cm³/mol. The lowest BCUT2D eigenvalue weighted by atomic mass is 10.1. The highest BCUT2D eigenvalue weighted by atomic mass is 32.1. The molecule has 0 saturated carbocycles. The van der Waals surface area contributed by atoms with Crippen molar-refractivity contribution in [2.45, 2.75) is 27.3 Å². The summed E-state index contributed by atoms with van der Waals surface area (Å²) < 4.78 is 2.89. The molecule has 3 heterocycles. The number of carbonyl (C=O) groups is 1. The molecule has 33 heavy (non-hydrogen) atoms. The molecule has 3 aromatic heterocycles. The summed E-state index contributed by atoms with van der Waals surface area (Å²) >= 11 is 1.54. The van der Waals surface area contributed by atoms with E-state index in [-0.39, 0.29) is 5.91 Å². The number of fused-ring (bicyclic) bond motifs is 1. The zero-order valence-corrected chi connectivity index (χ0v) is 19.5. The minimum absolute atomic E-state index is 0.132. The lowest BCUT2D eigenvalue weighted by molar-refractivity contribution is 0.0984. The van der Waals surface area contributed by atoms with Crippen molar-refractivity contribution >= 4 is 32.6 Å². The number of anilines is 1. The molecule has 0 aliphatic heterocycles. The van der Waals surface area contributed by atoms with Gasteiger partial charge in [-0.25, -0.2) is 9.67 Å².